The molecule has 1 N–H and O–H groups in total. The number of carbonyl (C=O) groups is 2. The van der Waals surface area contributed by atoms with Crippen LogP contribution in [0.2, 0.25) is 0 Å². The highest BCUT2D eigenvalue weighted by atomic mass is 32.1. The van der Waals surface area contributed by atoms with Crippen molar-refractivity contribution in [2.45, 2.75) is 20.5 Å². The van der Waals surface area contributed by atoms with Crippen molar-refractivity contribution < 1.29 is 23.8 Å². The lowest BCUT2D eigenvalue weighted by atomic mass is 10.0. The molecular weight excluding hydrogens is 498 g/mol. The molecule has 38 heavy (non-hydrogen) atoms. The molecule has 4 rings (SSSR count). The van der Waals surface area contributed by atoms with Gasteiger partial charge in [0.25, 0.3) is 0 Å². The number of esters is 1. The van der Waals surface area contributed by atoms with Crippen LogP contribution in [0.15, 0.2) is 84.3 Å². The van der Waals surface area contributed by atoms with Crippen molar-refractivity contribution in [1.82, 2.24) is 0 Å². The maximum Gasteiger partial charge on any atom is 0.341 e. The third kappa shape index (κ3) is 6.49. The first kappa shape index (κ1) is 26.7. The Balaban J connectivity index is 1.48. The van der Waals surface area contributed by atoms with Crippen LogP contribution in [0.3, 0.4) is 0 Å². The Hall–Kier alpha value is -4.36. The molecule has 0 aliphatic rings. The van der Waals surface area contributed by atoms with Crippen LogP contribution in [0.5, 0.6) is 11.5 Å². The molecule has 7 heteroatoms. The third-order valence-electron chi connectivity index (χ3n) is 5.85. The molecule has 1 heterocycles. The van der Waals surface area contributed by atoms with Crippen molar-refractivity contribution in [3.63, 3.8) is 0 Å². The normalized spacial score (nSPS) is 10.8. The van der Waals surface area contributed by atoms with Gasteiger partial charge >= 0.3 is 5.97 Å². The van der Waals surface area contributed by atoms with Crippen molar-refractivity contribution in [2.75, 3.05) is 19.0 Å². The van der Waals surface area contributed by atoms with E-state index in [1.54, 1.807) is 26.2 Å². The number of rotatable bonds is 10. The second-order valence-electron chi connectivity index (χ2n) is 8.39. The van der Waals surface area contributed by atoms with Crippen LogP contribution in [0.25, 0.3) is 17.2 Å². The first-order valence-corrected chi connectivity index (χ1v) is 13.1. The van der Waals surface area contributed by atoms with Crippen LogP contribution in [0, 0.1) is 6.92 Å². The van der Waals surface area contributed by atoms with E-state index >= 15 is 0 Å². The van der Waals surface area contributed by atoms with Crippen molar-refractivity contribution in [3.8, 4) is 22.6 Å². The van der Waals surface area contributed by atoms with Crippen molar-refractivity contribution in [2.24, 2.45) is 0 Å². The molecule has 0 radical (unpaired) electrons. The fourth-order valence-corrected chi connectivity index (χ4v) is 4.81. The van der Waals surface area contributed by atoms with Gasteiger partial charge in [0.05, 0.1) is 13.7 Å². The summed E-state index contributed by atoms with van der Waals surface area (Å²) in [5.41, 5.74) is 4.97. The zero-order valence-electron chi connectivity index (χ0n) is 21.5. The van der Waals surface area contributed by atoms with E-state index in [1.807, 2.05) is 79.0 Å². The molecule has 4 aromatic rings. The number of aryl methyl sites for hydroxylation is 1. The minimum atomic E-state index is -0.474. The van der Waals surface area contributed by atoms with E-state index in [2.05, 4.69) is 5.32 Å². The largest absolute Gasteiger partial charge is 0.493 e. The van der Waals surface area contributed by atoms with Gasteiger partial charge in [0.1, 0.15) is 17.2 Å². The molecule has 0 aliphatic heterocycles. The van der Waals surface area contributed by atoms with Gasteiger partial charge in [-0.05, 0) is 54.3 Å². The molecule has 0 fully saturated rings. The van der Waals surface area contributed by atoms with Crippen LogP contribution < -0.4 is 14.8 Å². The zero-order valence-corrected chi connectivity index (χ0v) is 22.3. The van der Waals surface area contributed by atoms with E-state index in [0.717, 1.165) is 27.8 Å². The molecule has 1 amide bonds. The summed E-state index contributed by atoms with van der Waals surface area (Å²) < 4.78 is 16.7. The molecule has 0 aliphatic carbocycles. The van der Waals surface area contributed by atoms with Crippen molar-refractivity contribution in [3.05, 3.63) is 107 Å². The van der Waals surface area contributed by atoms with E-state index in [-0.39, 0.29) is 12.5 Å². The van der Waals surface area contributed by atoms with Gasteiger partial charge in [0, 0.05) is 17.0 Å². The number of amides is 1. The Bertz CT molecular complexity index is 1440. The van der Waals surface area contributed by atoms with Crippen LogP contribution in [-0.2, 0) is 16.1 Å². The highest BCUT2D eigenvalue weighted by Crippen LogP contribution is 2.36. The lowest BCUT2D eigenvalue weighted by Crippen LogP contribution is -2.12. The first-order valence-electron chi connectivity index (χ1n) is 12.2. The minimum absolute atomic E-state index is 0.239. The van der Waals surface area contributed by atoms with Crippen LogP contribution >= 0.6 is 11.3 Å². The average molecular weight is 528 g/mol. The minimum Gasteiger partial charge on any atom is -0.493 e. The molecule has 0 bridgehead atoms. The molecule has 0 atom stereocenters. The fraction of sp³-hybridized carbons (Fsp3) is 0.161. The molecule has 194 valence electrons. The fourth-order valence-electron chi connectivity index (χ4n) is 3.85. The Labute approximate surface area is 226 Å². The summed E-state index contributed by atoms with van der Waals surface area (Å²) in [4.78, 5) is 25.5. The maximum absolute atomic E-state index is 12.8. The summed E-state index contributed by atoms with van der Waals surface area (Å²) in [6, 6.07) is 23.1. The number of anilines is 1. The third-order valence-corrected chi connectivity index (χ3v) is 6.75. The zero-order chi connectivity index (χ0) is 26.9. The Morgan fingerprint density at radius 3 is 2.47 bits per heavy atom. The number of hydrogen-bond acceptors (Lipinski definition) is 6. The number of methoxy groups -OCH3 is 1. The van der Waals surface area contributed by atoms with E-state index in [1.165, 1.54) is 17.4 Å². The SMILES string of the molecule is CCOC(=O)c1c(-c2ccccc2)csc1NC(=O)/C=C/c1ccc(OCc2ccccc2C)c(OC)c1. The molecule has 0 unspecified atom stereocenters. The lowest BCUT2D eigenvalue weighted by Gasteiger charge is -2.12. The van der Waals surface area contributed by atoms with E-state index in [0.29, 0.717) is 28.7 Å². The Kier molecular flexibility index (Phi) is 8.95. The molecule has 3 aromatic carbocycles. The van der Waals surface area contributed by atoms with Gasteiger partial charge in [-0.3, -0.25) is 4.79 Å². The van der Waals surface area contributed by atoms with Gasteiger partial charge in [-0.15, -0.1) is 11.3 Å². The van der Waals surface area contributed by atoms with Gasteiger partial charge in [0.2, 0.25) is 5.91 Å². The predicted molar refractivity (Wildman–Crippen MR) is 152 cm³/mol. The molecule has 1 aromatic heterocycles. The number of thiophene rings is 1. The number of nitrogens with one attached hydrogen (secondary N) is 1. The quantitative estimate of drug-likeness (QED) is 0.175. The summed E-state index contributed by atoms with van der Waals surface area (Å²) in [5.74, 6) is 0.341. The molecule has 6 nitrogen and oxygen atoms in total. The van der Waals surface area contributed by atoms with Crippen molar-refractivity contribution in [1.29, 1.82) is 0 Å². The highest BCUT2D eigenvalue weighted by molar-refractivity contribution is 7.15. The Morgan fingerprint density at radius 2 is 1.74 bits per heavy atom. The standard InChI is InChI=1S/C31H29NO5S/c1-4-36-31(34)29-25(23-11-6-5-7-12-23)20-38-30(29)32-28(33)17-15-22-14-16-26(27(18-22)35-3)37-19-24-13-9-8-10-21(24)2/h5-18,20H,4,19H2,1-3H3,(H,32,33)/b17-15+. The highest BCUT2D eigenvalue weighted by Gasteiger charge is 2.22. The van der Waals surface area contributed by atoms with E-state index in [9.17, 15) is 9.59 Å². The number of ether oxygens (including phenoxy) is 3. The summed E-state index contributed by atoms with van der Waals surface area (Å²) >= 11 is 1.28. The van der Waals surface area contributed by atoms with Crippen LogP contribution in [0.4, 0.5) is 5.00 Å². The van der Waals surface area contributed by atoms with E-state index < -0.39 is 5.97 Å². The van der Waals surface area contributed by atoms with Gasteiger partial charge in [-0.1, -0.05) is 60.7 Å². The molecular formula is C31H29NO5S. The number of hydrogen-bond donors (Lipinski definition) is 1. The van der Waals surface area contributed by atoms with Crippen LogP contribution in [0.1, 0.15) is 34.0 Å². The smallest absolute Gasteiger partial charge is 0.341 e. The average Bonchev–Trinajstić information content (AvgIpc) is 3.35. The number of carbonyl (C=O) groups excluding carboxylic acids is 2. The molecule has 0 saturated carbocycles. The maximum atomic E-state index is 12.8. The van der Waals surface area contributed by atoms with E-state index in [4.69, 9.17) is 14.2 Å². The predicted octanol–water partition coefficient (Wildman–Crippen LogP) is 7.14. The second kappa shape index (κ2) is 12.7. The first-order chi connectivity index (χ1) is 18.5. The lowest BCUT2D eigenvalue weighted by molar-refractivity contribution is -0.111. The molecule has 0 saturated heterocycles. The van der Waals surface area contributed by atoms with Gasteiger partial charge in [-0.25, -0.2) is 4.79 Å². The van der Waals surface area contributed by atoms with Gasteiger partial charge in [0.15, 0.2) is 11.5 Å². The summed E-state index contributed by atoms with van der Waals surface area (Å²) in [6.45, 7) is 4.46. The summed E-state index contributed by atoms with van der Waals surface area (Å²) in [5, 5.41) is 5.12. The number of benzene rings is 3. The summed E-state index contributed by atoms with van der Waals surface area (Å²) in [7, 11) is 1.58. The summed E-state index contributed by atoms with van der Waals surface area (Å²) in [6.07, 6.45) is 3.10. The monoisotopic (exact) mass is 527 g/mol. The van der Waals surface area contributed by atoms with Crippen LogP contribution in [-0.4, -0.2) is 25.6 Å². The van der Waals surface area contributed by atoms with Gasteiger partial charge in [-0.2, -0.15) is 0 Å². The van der Waals surface area contributed by atoms with Gasteiger partial charge < -0.3 is 19.5 Å². The Morgan fingerprint density at radius 1 is 0.974 bits per heavy atom. The topological polar surface area (TPSA) is 73.9 Å². The molecule has 0 spiro atoms. The van der Waals surface area contributed by atoms with Crippen molar-refractivity contribution >= 4 is 34.3 Å². The second-order valence-corrected chi connectivity index (χ2v) is 9.27.